The van der Waals surface area contributed by atoms with Gasteiger partial charge in [0, 0.05) is 22.4 Å². The van der Waals surface area contributed by atoms with Gasteiger partial charge in [0.25, 0.3) is 5.91 Å². The van der Waals surface area contributed by atoms with Crippen molar-refractivity contribution in [3.05, 3.63) is 76.2 Å². The minimum Gasteiger partial charge on any atom is -0.487 e. The lowest BCUT2D eigenvalue weighted by Gasteiger charge is -2.08. The lowest BCUT2D eigenvalue weighted by molar-refractivity contribution is 0.0953. The Morgan fingerprint density at radius 3 is 2.81 bits per heavy atom. The first-order chi connectivity index (χ1) is 13.2. The second kappa shape index (κ2) is 10.1. The molecule has 0 spiro atoms. The highest BCUT2D eigenvalue weighted by molar-refractivity contribution is 7.99. The number of ether oxygens (including phenoxy) is 1. The highest BCUT2D eigenvalue weighted by atomic mass is 32.2. The number of amides is 1. The molecule has 0 atom stereocenters. The summed E-state index contributed by atoms with van der Waals surface area (Å²) < 4.78 is 5.75. The molecule has 0 aliphatic rings. The number of aryl methyl sites for hydroxylation is 1. The largest absolute Gasteiger partial charge is 0.487 e. The van der Waals surface area contributed by atoms with Crippen LogP contribution in [0, 0.1) is 6.92 Å². The average Bonchev–Trinajstić information content (AvgIpc) is 3.12. The van der Waals surface area contributed by atoms with Crippen LogP contribution in [-0.2, 0) is 6.61 Å². The number of hydrogen-bond donors (Lipinski definition) is 1. The maximum Gasteiger partial charge on any atom is 0.251 e. The van der Waals surface area contributed by atoms with Crippen LogP contribution in [0.5, 0.6) is 5.75 Å². The topological polar surface area (TPSA) is 51.2 Å². The van der Waals surface area contributed by atoms with Crippen molar-refractivity contribution >= 4 is 29.0 Å². The Balaban J connectivity index is 1.41. The fourth-order valence-electron chi connectivity index (χ4n) is 2.44. The number of nitrogens with zero attached hydrogens (tertiary/aromatic N) is 1. The summed E-state index contributed by atoms with van der Waals surface area (Å²) in [6, 6.07) is 17.5. The van der Waals surface area contributed by atoms with Gasteiger partial charge in [-0.1, -0.05) is 24.3 Å². The quantitative estimate of drug-likeness (QED) is 0.410. The van der Waals surface area contributed by atoms with Crippen LogP contribution < -0.4 is 10.1 Å². The van der Waals surface area contributed by atoms with Gasteiger partial charge in [0.05, 0.1) is 10.7 Å². The first kappa shape index (κ1) is 19.5. The molecule has 27 heavy (non-hydrogen) atoms. The number of aromatic nitrogens is 1. The predicted molar refractivity (Wildman–Crippen MR) is 112 cm³/mol. The maximum atomic E-state index is 12.3. The summed E-state index contributed by atoms with van der Waals surface area (Å²) in [4.78, 5) is 18.0. The van der Waals surface area contributed by atoms with Crippen LogP contribution in [0.3, 0.4) is 0 Å². The Kier molecular flexibility index (Phi) is 7.30. The number of thioether (sulfide) groups is 1. The molecule has 0 saturated carbocycles. The van der Waals surface area contributed by atoms with Crippen molar-refractivity contribution in [2.24, 2.45) is 0 Å². The van der Waals surface area contributed by atoms with E-state index in [-0.39, 0.29) is 5.91 Å². The normalized spacial score (nSPS) is 10.6. The van der Waals surface area contributed by atoms with Crippen LogP contribution in [0.4, 0.5) is 0 Å². The van der Waals surface area contributed by atoms with Crippen LogP contribution >= 0.6 is 23.1 Å². The number of carbonyl (C=O) groups excluding carboxylic acids is 1. The van der Waals surface area contributed by atoms with Crippen LogP contribution in [0.1, 0.15) is 27.5 Å². The summed E-state index contributed by atoms with van der Waals surface area (Å²) in [6.45, 7) is 3.03. The van der Waals surface area contributed by atoms with Gasteiger partial charge in [-0.3, -0.25) is 4.79 Å². The lowest BCUT2D eigenvalue weighted by Crippen LogP contribution is -2.24. The molecule has 2 aromatic carbocycles. The van der Waals surface area contributed by atoms with Crippen molar-refractivity contribution in [1.82, 2.24) is 10.3 Å². The van der Waals surface area contributed by atoms with Crippen LogP contribution in [0.15, 0.2) is 64.9 Å². The van der Waals surface area contributed by atoms with Gasteiger partial charge < -0.3 is 10.1 Å². The van der Waals surface area contributed by atoms with Crippen LogP contribution in [0.2, 0.25) is 0 Å². The van der Waals surface area contributed by atoms with Crippen molar-refractivity contribution in [2.45, 2.75) is 24.8 Å². The highest BCUT2D eigenvalue weighted by Crippen LogP contribution is 2.18. The first-order valence-electron chi connectivity index (χ1n) is 8.80. The smallest absolute Gasteiger partial charge is 0.251 e. The minimum atomic E-state index is -0.0744. The third-order valence-electron chi connectivity index (χ3n) is 3.77. The molecule has 0 bridgehead atoms. The Hall–Kier alpha value is -2.31. The third-order valence-corrected chi connectivity index (χ3v) is 5.69. The molecule has 140 valence electrons. The standard InChI is InChI=1S/C21H22N2O2S2/c1-16-23-18(15-27-16)14-25-19-8-5-7-17(13-19)21(24)22-11-6-12-26-20-9-3-2-4-10-20/h2-5,7-10,13,15H,6,11-12,14H2,1H3,(H,22,24). The molecular formula is C21H22N2O2S2. The maximum absolute atomic E-state index is 12.3. The van der Waals surface area contributed by atoms with E-state index in [9.17, 15) is 4.79 Å². The fourth-order valence-corrected chi connectivity index (χ4v) is 3.91. The van der Waals surface area contributed by atoms with Gasteiger partial charge in [0.15, 0.2) is 0 Å². The number of nitrogens with one attached hydrogen (secondary N) is 1. The molecule has 6 heteroatoms. The van der Waals surface area contributed by atoms with E-state index in [1.807, 2.05) is 42.6 Å². The molecule has 0 aliphatic carbocycles. The van der Waals surface area contributed by atoms with E-state index >= 15 is 0 Å². The SMILES string of the molecule is Cc1nc(COc2cccc(C(=O)NCCCSc3ccccc3)c2)cs1. The second-order valence-corrected chi connectivity index (χ2v) is 8.18. The monoisotopic (exact) mass is 398 g/mol. The minimum absolute atomic E-state index is 0.0744. The summed E-state index contributed by atoms with van der Waals surface area (Å²) in [5.74, 6) is 1.57. The van der Waals surface area contributed by atoms with Crippen LogP contribution in [-0.4, -0.2) is 23.2 Å². The summed E-state index contributed by atoms with van der Waals surface area (Å²) >= 11 is 3.40. The summed E-state index contributed by atoms with van der Waals surface area (Å²) in [6.07, 6.45) is 0.921. The predicted octanol–water partition coefficient (Wildman–Crippen LogP) is 4.94. The van der Waals surface area contributed by atoms with Crippen LogP contribution in [0.25, 0.3) is 0 Å². The summed E-state index contributed by atoms with van der Waals surface area (Å²) in [7, 11) is 0. The summed E-state index contributed by atoms with van der Waals surface area (Å²) in [5, 5.41) is 5.98. The molecule has 0 fully saturated rings. The van der Waals surface area contributed by atoms with E-state index in [2.05, 4.69) is 22.4 Å². The number of rotatable bonds is 9. The van der Waals surface area contributed by atoms with Gasteiger partial charge in [-0.2, -0.15) is 0 Å². The molecule has 0 unspecified atom stereocenters. The Labute approximate surface area is 168 Å². The fraction of sp³-hybridized carbons (Fsp3) is 0.238. The zero-order valence-electron chi connectivity index (χ0n) is 15.2. The molecule has 1 aromatic heterocycles. The first-order valence-corrected chi connectivity index (χ1v) is 10.7. The van der Waals surface area contributed by atoms with Gasteiger partial charge in [0.2, 0.25) is 0 Å². The van der Waals surface area contributed by atoms with Gasteiger partial charge in [0.1, 0.15) is 12.4 Å². The zero-order valence-corrected chi connectivity index (χ0v) is 16.8. The van der Waals surface area contributed by atoms with Gasteiger partial charge in [-0.15, -0.1) is 23.1 Å². The van der Waals surface area contributed by atoms with E-state index in [4.69, 9.17) is 4.74 Å². The molecule has 0 aliphatic heterocycles. The lowest BCUT2D eigenvalue weighted by atomic mass is 10.2. The highest BCUT2D eigenvalue weighted by Gasteiger charge is 2.07. The molecule has 0 radical (unpaired) electrons. The van der Waals surface area contributed by atoms with Crippen molar-refractivity contribution < 1.29 is 9.53 Å². The van der Waals surface area contributed by atoms with E-state index < -0.39 is 0 Å². The Bertz CT molecular complexity index is 865. The van der Waals surface area contributed by atoms with Gasteiger partial charge in [-0.25, -0.2) is 4.98 Å². The van der Waals surface area contributed by atoms with Crippen molar-refractivity contribution in [1.29, 1.82) is 0 Å². The number of thiazole rings is 1. The van der Waals surface area contributed by atoms with Crippen molar-refractivity contribution in [2.75, 3.05) is 12.3 Å². The third kappa shape index (κ3) is 6.41. The number of carbonyl (C=O) groups is 1. The molecule has 3 rings (SSSR count). The van der Waals surface area contributed by atoms with Crippen molar-refractivity contribution in [3.8, 4) is 5.75 Å². The molecular weight excluding hydrogens is 376 g/mol. The van der Waals surface area contributed by atoms with E-state index in [0.29, 0.717) is 24.5 Å². The van der Waals surface area contributed by atoms with E-state index in [0.717, 1.165) is 22.9 Å². The zero-order chi connectivity index (χ0) is 18.9. The van der Waals surface area contributed by atoms with E-state index in [1.165, 1.54) is 4.90 Å². The molecule has 1 N–H and O–H groups in total. The van der Waals surface area contributed by atoms with Gasteiger partial charge >= 0.3 is 0 Å². The second-order valence-electron chi connectivity index (χ2n) is 5.95. The van der Waals surface area contributed by atoms with E-state index in [1.54, 1.807) is 35.2 Å². The summed E-state index contributed by atoms with van der Waals surface area (Å²) in [5.41, 5.74) is 1.51. The molecule has 1 heterocycles. The molecule has 0 saturated heterocycles. The van der Waals surface area contributed by atoms with Gasteiger partial charge in [-0.05, 0) is 49.4 Å². The average molecular weight is 399 g/mol. The Morgan fingerprint density at radius 1 is 1.19 bits per heavy atom. The Morgan fingerprint density at radius 2 is 2.04 bits per heavy atom. The molecule has 4 nitrogen and oxygen atoms in total. The molecule has 1 amide bonds. The number of benzene rings is 2. The number of hydrogen-bond acceptors (Lipinski definition) is 5. The molecule has 3 aromatic rings. The van der Waals surface area contributed by atoms with Crippen molar-refractivity contribution in [3.63, 3.8) is 0 Å².